The lowest BCUT2D eigenvalue weighted by molar-refractivity contribution is -0.157. The number of unbranched alkanes of at least 4 members (excludes halogenated alkanes) is 4. The van der Waals surface area contributed by atoms with Gasteiger partial charge in [0, 0.05) is 155 Å². The third kappa shape index (κ3) is 50.6. The summed E-state index contributed by atoms with van der Waals surface area (Å²) in [4.78, 5) is 117. The molecule has 13 fully saturated rings. The van der Waals surface area contributed by atoms with Gasteiger partial charge in [0.1, 0.15) is 52.9 Å². The molecular weight excluding hydrogens is 1780 g/mol. The van der Waals surface area contributed by atoms with Crippen LogP contribution < -0.4 is 0 Å². The fourth-order valence-corrected chi connectivity index (χ4v) is 20.9. The number of carbonyl (C=O) groups is 7. The number of hydrogen-bond donors (Lipinski definition) is 0. The molecule has 13 rings (SSSR count). The number of hydrogen-bond acceptors (Lipinski definition) is 34. The van der Waals surface area contributed by atoms with Crippen molar-refractivity contribution in [3.63, 3.8) is 0 Å². The minimum atomic E-state index is -0.469. The van der Waals surface area contributed by atoms with Crippen molar-refractivity contribution >= 4 is 41.7 Å². The number of amides is 1. The zero-order chi connectivity index (χ0) is 99.7. The Morgan fingerprint density at radius 2 is 0.496 bits per heavy atom. The van der Waals surface area contributed by atoms with Gasteiger partial charge in [-0.25, -0.2) is 28.8 Å². The van der Waals surface area contributed by atoms with Gasteiger partial charge >= 0.3 is 35.8 Å². The summed E-state index contributed by atoms with van der Waals surface area (Å²) in [6.45, 7) is 41.1. The topological polar surface area (TPSA) is 288 Å². The molecule has 0 aromatic rings. The standard InChI is InChI=1S/C19H35N3O4.C19H36N2O3.C17H31N3O4.C17H33N3O3.C17H32N2O3.C15H28N2O3/c1-20-6-2-17(3-7-20)22-8-4-18(5-9-22)26-16-19(23)25-15-12-21-10-13-24-14-11-21;1-3-4-5-6-15-23-19(22)16-24-18-9-13-21(14-10-18)17-7-11-20(2)12-8-17;1-18(2)16(21)12-24-17(22)13-23-15-6-10-20(11-7-15)14-4-8-19(3)9-5-14;1-18(2)12-13-22-17(21)14-23-16-6-10-20(11-7-16)15-4-8-19(3)9-5-15;1-3-4-13-21-17(20)14-22-16-7-11-19(12-8-16)15-5-9-18(2)10-6-15;1-3-19-15(18)12-20-14-6-10-17(11-7-14)13-4-8-16(2)9-5-13/h17-18H,2-16H2,1H3;17-18H,3-16H2,1-2H3;14-15H,4-13H2,1-3H3;15-16H,4-14H2,1-3H3;15-16H,3-14H2,1-2H3;13-14H,3-12H2,1-2H3. The summed E-state index contributed by atoms with van der Waals surface area (Å²) in [7, 11) is 20.4. The zero-order valence-electron chi connectivity index (χ0n) is 89.2. The average Bonchev–Trinajstić information content (AvgIpc) is 0.877. The molecule has 0 aromatic carbocycles. The molecule has 35 heteroatoms. The van der Waals surface area contributed by atoms with E-state index in [1.807, 2.05) is 25.9 Å². The van der Waals surface area contributed by atoms with E-state index in [9.17, 15) is 33.6 Å². The molecule has 13 saturated heterocycles. The maximum absolute atomic E-state index is 11.9. The van der Waals surface area contributed by atoms with Crippen LogP contribution in [0.5, 0.6) is 0 Å². The van der Waals surface area contributed by atoms with Gasteiger partial charge in [-0.15, -0.1) is 0 Å². The van der Waals surface area contributed by atoms with Gasteiger partial charge in [-0.2, -0.15) is 0 Å². The molecule has 0 aromatic heterocycles. The highest BCUT2D eigenvalue weighted by Crippen LogP contribution is 2.30. The van der Waals surface area contributed by atoms with E-state index in [4.69, 9.17) is 61.6 Å². The SMILES string of the molecule is CCCCCCOC(=O)COC1CCN(C2CCN(C)CC2)CC1.CCCCOC(=O)COC1CCN(C2CCN(C)CC2)CC1.CCOC(=O)COC1CCN(C2CCN(C)CC2)CC1.CN(C)CCOC(=O)COC1CCN(C2CCN(C)CC2)CC1.CN1CCC(N2CCC(OCC(=O)OCC(=O)N(C)C)CC2)CC1.CN1CCC(N2CCC(OCC(=O)OCCN3CCOCC3)CC2)CC1. The van der Waals surface area contributed by atoms with E-state index >= 15 is 0 Å². The Morgan fingerprint density at radius 3 is 0.741 bits per heavy atom. The van der Waals surface area contributed by atoms with Crippen molar-refractivity contribution in [1.82, 2.24) is 73.5 Å². The number of esters is 6. The first kappa shape index (κ1) is 120. The molecule has 0 spiro atoms. The van der Waals surface area contributed by atoms with Gasteiger partial charge in [0.05, 0.1) is 69.7 Å². The molecule has 0 saturated carbocycles. The molecule has 13 heterocycles. The Bertz CT molecular complexity index is 3220. The van der Waals surface area contributed by atoms with Gasteiger partial charge in [0.25, 0.3) is 5.91 Å². The first-order valence-corrected chi connectivity index (χ1v) is 54.6. The summed E-state index contributed by atoms with van der Waals surface area (Å²) in [5.41, 5.74) is 0. The second-order valence-electron chi connectivity index (χ2n) is 41.8. The Hall–Kier alpha value is -4.55. The Balaban J connectivity index is 0.000000205. The predicted molar refractivity (Wildman–Crippen MR) is 541 cm³/mol. The van der Waals surface area contributed by atoms with E-state index in [1.54, 1.807) is 14.1 Å². The lowest BCUT2D eigenvalue weighted by atomic mass is 9.99. The van der Waals surface area contributed by atoms with E-state index in [0.717, 1.165) is 251 Å². The van der Waals surface area contributed by atoms with Gasteiger partial charge < -0.3 is 130 Å². The van der Waals surface area contributed by atoms with Crippen molar-refractivity contribution in [2.24, 2.45) is 0 Å². The number of piperidine rings is 12. The summed E-state index contributed by atoms with van der Waals surface area (Å²) in [5.74, 6) is -1.85. The van der Waals surface area contributed by atoms with Crippen LogP contribution in [0, 0.1) is 0 Å². The molecule has 0 aliphatic carbocycles. The molecule has 35 nitrogen and oxygen atoms in total. The first-order valence-electron chi connectivity index (χ1n) is 54.6. The molecular formula is C104H195N15O20. The highest BCUT2D eigenvalue weighted by atomic mass is 16.6. The molecule has 0 radical (unpaired) electrons. The van der Waals surface area contributed by atoms with Crippen molar-refractivity contribution < 1.29 is 95.1 Å². The van der Waals surface area contributed by atoms with Crippen LogP contribution in [0.25, 0.3) is 0 Å². The zero-order valence-corrected chi connectivity index (χ0v) is 89.2. The monoisotopic (exact) mass is 1970 g/mol. The molecule has 13 aliphatic rings. The summed E-state index contributed by atoms with van der Waals surface area (Å²) >= 11 is 0. The Morgan fingerprint density at radius 1 is 0.259 bits per heavy atom. The molecule has 0 unspecified atom stereocenters. The van der Waals surface area contributed by atoms with Gasteiger partial charge in [-0.3, -0.25) is 9.69 Å². The second-order valence-corrected chi connectivity index (χ2v) is 41.8. The van der Waals surface area contributed by atoms with Crippen LogP contribution in [0.4, 0.5) is 0 Å². The molecule has 13 aliphatic heterocycles. The van der Waals surface area contributed by atoms with Crippen LogP contribution in [0.3, 0.4) is 0 Å². The van der Waals surface area contributed by atoms with Gasteiger partial charge in [-0.05, 0) is 309 Å². The minimum absolute atomic E-state index is 0.0698. The largest absolute Gasteiger partial charge is 0.464 e. The maximum Gasteiger partial charge on any atom is 0.332 e. The number of likely N-dealkylation sites (tertiary alicyclic amines) is 12. The lowest BCUT2D eigenvalue weighted by Gasteiger charge is -2.40. The quantitative estimate of drug-likeness (QED) is 0.0338. The van der Waals surface area contributed by atoms with Crippen molar-refractivity contribution in [1.29, 1.82) is 0 Å². The Kier molecular flexibility index (Phi) is 60.5. The predicted octanol–water partition coefficient (Wildman–Crippen LogP) is 7.01. The normalized spacial score (nSPS) is 23.1. The number of morpholine rings is 1. The number of likely N-dealkylation sites (N-methyl/N-ethyl adjacent to an activating group) is 2. The molecule has 0 N–H and O–H groups in total. The van der Waals surface area contributed by atoms with Crippen LogP contribution in [-0.2, 0) is 95.1 Å². The van der Waals surface area contributed by atoms with Crippen molar-refractivity contribution in [2.75, 3.05) is 346 Å². The maximum atomic E-state index is 11.9. The molecule has 0 atom stereocenters. The smallest absolute Gasteiger partial charge is 0.332 e. The third-order valence-corrected chi connectivity index (χ3v) is 30.5. The molecule has 139 heavy (non-hydrogen) atoms. The number of nitrogens with zero attached hydrogens (tertiary/aromatic N) is 15. The summed E-state index contributed by atoms with van der Waals surface area (Å²) in [6, 6.07) is 4.41. The van der Waals surface area contributed by atoms with Gasteiger partial charge in [0.15, 0.2) is 6.61 Å². The van der Waals surface area contributed by atoms with E-state index in [-0.39, 0.29) is 119 Å². The van der Waals surface area contributed by atoms with Crippen molar-refractivity contribution in [3.05, 3.63) is 0 Å². The Labute approximate surface area is 838 Å². The number of rotatable bonds is 41. The summed E-state index contributed by atoms with van der Waals surface area (Å²) in [5, 5.41) is 0. The van der Waals surface area contributed by atoms with E-state index in [1.165, 1.54) is 173 Å². The van der Waals surface area contributed by atoms with Crippen molar-refractivity contribution in [2.45, 2.75) is 286 Å². The van der Waals surface area contributed by atoms with Crippen LogP contribution in [0.1, 0.15) is 213 Å². The fourth-order valence-electron chi connectivity index (χ4n) is 20.9. The lowest BCUT2D eigenvalue weighted by Crippen LogP contribution is -2.48. The third-order valence-electron chi connectivity index (χ3n) is 30.5. The van der Waals surface area contributed by atoms with Crippen LogP contribution >= 0.6 is 0 Å². The highest BCUT2D eigenvalue weighted by Gasteiger charge is 2.36. The first-order chi connectivity index (χ1) is 67.3. The minimum Gasteiger partial charge on any atom is -0.464 e. The van der Waals surface area contributed by atoms with E-state index in [2.05, 4.69) is 120 Å². The van der Waals surface area contributed by atoms with Gasteiger partial charge in [0.2, 0.25) is 0 Å². The van der Waals surface area contributed by atoms with Gasteiger partial charge in [-0.1, -0.05) is 39.5 Å². The second kappa shape index (κ2) is 70.3. The molecule has 806 valence electrons. The average molecular weight is 1980 g/mol. The number of carbonyl (C=O) groups excluding carboxylic acids is 7. The highest BCUT2D eigenvalue weighted by molar-refractivity contribution is 5.80. The fraction of sp³-hybridized carbons (Fsp3) is 0.933. The van der Waals surface area contributed by atoms with E-state index in [0.29, 0.717) is 39.1 Å². The molecule has 0 bridgehead atoms. The summed E-state index contributed by atoms with van der Waals surface area (Å²) < 4.78 is 70.2. The van der Waals surface area contributed by atoms with E-state index < -0.39 is 5.97 Å². The van der Waals surface area contributed by atoms with Crippen LogP contribution in [-0.4, -0.2) is 534 Å². The number of ether oxygens (including phenoxy) is 13. The molecule has 1 amide bonds. The van der Waals surface area contributed by atoms with Crippen molar-refractivity contribution in [3.8, 4) is 0 Å². The summed E-state index contributed by atoms with van der Waals surface area (Å²) in [6.07, 6.45) is 35.2. The van der Waals surface area contributed by atoms with Crippen LogP contribution in [0.2, 0.25) is 0 Å². The van der Waals surface area contributed by atoms with Crippen LogP contribution in [0.15, 0.2) is 0 Å².